The van der Waals surface area contributed by atoms with Gasteiger partial charge in [0.25, 0.3) is 0 Å². The minimum absolute atomic E-state index is 0.931. The lowest BCUT2D eigenvalue weighted by molar-refractivity contribution is 1.02. The van der Waals surface area contributed by atoms with Gasteiger partial charge in [-0.05, 0) is 123 Å². The zero-order chi connectivity index (χ0) is 32.8. The van der Waals surface area contributed by atoms with E-state index in [4.69, 9.17) is 0 Å². The second kappa shape index (κ2) is 14.3. The van der Waals surface area contributed by atoms with Gasteiger partial charge in [0.2, 0.25) is 0 Å². The lowest BCUT2D eigenvalue weighted by Crippen LogP contribution is -2.04. The van der Waals surface area contributed by atoms with E-state index in [9.17, 15) is 0 Å². The van der Waals surface area contributed by atoms with Crippen LogP contribution in [0.15, 0.2) is 170 Å². The second-order valence-electron chi connectivity index (χ2n) is 13.6. The van der Waals surface area contributed by atoms with Crippen LogP contribution in [0.4, 0.5) is 0 Å². The van der Waals surface area contributed by atoms with Gasteiger partial charge in [-0.2, -0.15) is 0 Å². The van der Waals surface area contributed by atoms with Crippen molar-refractivity contribution in [2.75, 3.05) is 0 Å². The molecular weight excluding hydrogens is 589 g/mol. The van der Waals surface area contributed by atoms with Crippen molar-refractivity contribution in [1.82, 2.24) is 0 Å². The smallest absolute Gasteiger partial charge is 0.00201 e. The Balaban J connectivity index is 1.27. The molecule has 1 aliphatic carbocycles. The van der Waals surface area contributed by atoms with E-state index in [2.05, 4.69) is 170 Å². The Kier molecular flexibility index (Phi) is 9.03. The maximum absolute atomic E-state index is 2.34. The molecule has 0 heteroatoms. The van der Waals surface area contributed by atoms with Gasteiger partial charge in [0.05, 0.1) is 0 Å². The molecule has 1 aliphatic rings. The number of hydrogen-bond acceptors (Lipinski definition) is 0. The number of rotatable bonds is 0. The van der Waals surface area contributed by atoms with Crippen LogP contribution in [0.1, 0.15) is 77.9 Å². The van der Waals surface area contributed by atoms with Gasteiger partial charge in [0.15, 0.2) is 0 Å². The molecule has 0 radical (unpaired) electrons. The molecule has 0 nitrogen and oxygen atoms in total. The van der Waals surface area contributed by atoms with E-state index >= 15 is 0 Å². The minimum Gasteiger partial charge on any atom is -0.0620 e. The Bertz CT molecular complexity index is 1620. The SMILES string of the molecule is c1ccc2c(c1)Cc1ccccc1Cc1ccccc1Cc1ccccc1Cc1ccccc1Cc1ccccc1Cc1ccccc1C2. The maximum atomic E-state index is 2.34. The summed E-state index contributed by atoms with van der Waals surface area (Å²) in [6, 6.07) is 63.5. The predicted molar refractivity (Wildman–Crippen MR) is 205 cm³/mol. The van der Waals surface area contributed by atoms with Crippen LogP contribution in [0.3, 0.4) is 0 Å². The highest BCUT2D eigenvalue weighted by atomic mass is 14.2. The van der Waals surface area contributed by atoms with Crippen LogP contribution in [0.2, 0.25) is 0 Å². The van der Waals surface area contributed by atoms with E-state index in [1.54, 1.807) is 0 Å². The molecule has 0 fully saturated rings. The fraction of sp³-hybridized carbons (Fsp3) is 0.143. The molecule has 0 heterocycles. The third kappa shape index (κ3) is 7.06. The average Bonchev–Trinajstić information content (AvgIpc) is 3.13. The largest absolute Gasteiger partial charge is 0.0620 e. The summed E-state index contributed by atoms with van der Waals surface area (Å²) in [7, 11) is 0. The highest BCUT2D eigenvalue weighted by molar-refractivity contribution is 5.47. The van der Waals surface area contributed by atoms with Crippen molar-refractivity contribution in [1.29, 1.82) is 0 Å². The van der Waals surface area contributed by atoms with Gasteiger partial charge in [-0.3, -0.25) is 0 Å². The fourth-order valence-corrected chi connectivity index (χ4v) is 7.75. The van der Waals surface area contributed by atoms with Gasteiger partial charge in [0.1, 0.15) is 0 Å². The molecule has 0 atom stereocenters. The summed E-state index contributed by atoms with van der Waals surface area (Å²) in [5.41, 5.74) is 19.8. The Labute approximate surface area is 291 Å². The summed E-state index contributed by atoms with van der Waals surface area (Å²) < 4.78 is 0. The zero-order valence-electron chi connectivity index (χ0n) is 28.1. The molecule has 7 aromatic carbocycles. The summed E-state index contributed by atoms with van der Waals surface area (Å²) in [5.74, 6) is 0. The number of benzene rings is 7. The molecular formula is C49H42. The van der Waals surface area contributed by atoms with E-state index in [1.807, 2.05) is 0 Å². The maximum Gasteiger partial charge on any atom is -0.00201 e. The van der Waals surface area contributed by atoms with Gasteiger partial charge in [-0.25, -0.2) is 0 Å². The summed E-state index contributed by atoms with van der Waals surface area (Å²) in [5, 5.41) is 0. The van der Waals surface area contributed by atoms with Crippen LogP contribution in [-0.4, -0.2) is 0 Å². The lowest BCUT2D eigenvalue weighted by atomic mass is 9.88. The Morgan fingerprint density at radius 1 is 0.143 bits per heavy atom. The first-order chi connectivity index (χ1) is 24.3. The predicted octanol–water partition coefficient (Wildman–Crippen LogP) is 11.1. The topological polar surface area (TPSA) is 0 Å². The van der Waals surface area contributed by atoms with Crippen LogP contribution < -0.4 is 0 Å². The molecule has 0 saturated heterocycles. The molecule has 0 aromatic heterocycles. The van der Waals surface area contributed by atoms with Crippen molar-refractivity contribution < 1.29 is 0 Å². The van der Waals surface area contributed by atoms with Crippen molar-refractivity contribution in [3.63, 3.8) is 0 Å². The Hall–Kier alpha value is -5.46. The second-order valence-corrected chi connectivity index (χ2v) is 13.6. The van der Waals surface area contributed by atoms with Crippen LogP contribution in [0.5, 0.6) is 0 Å². The molecule has 0 bridgehead atoms. The first-order valence-electron chi connectivity index (χ1n) is 17.7. The van der Waals surface area contributed by atoms with E-state index in [0.29, 0.717) is 0 Å². The molecule has 7 aromatic rings. The van der Waals surface area contributed by atoms with E-state index < -0.39 is 0 Å². The molecule has 238 valence electrons. The van der Waals surface area contributed by atoms with Gasteiger partial charge in [0, 0.05) is 0 Å². The molecule has 0 spiro atoms. The van der Waals surface area contributed by atoms with Crippen molar-refractivity contribution >= 4 is 0 Å². The molecule has 0 N–H and O–H groups in total. The summed E-state index contributed by atoms with van der Waals surface area (Å²) in [4.78, 5) is 0. The molecule has 0 amide bonds. The Morgan fingerprint density at radius 2 is 0.224 bits per heavy atom. The lowest BCUT2D eigenvalue weighted by Gasteiger charge is -2.17. The van der Waals surface area contributed by atoms with Gasteiger partial charge in [-0.1, -0.05) is 170 Å². The molecule has 0 saturated carbocycles. The van der Waals surface area contributed by atoms with Crippen molar-refractivity contribution in [3.05, 3.63) is 248 Å². The average molecular weight is 631 g/mol. The van der Waals surface area contributed by atoms with E-state index in [-0.39, 0.29) is 0 Å². The molecule has 0 unspecified atom stereocenters. The Morgan fingerprint density at radius 3 is 0.306 bits per heavy atom. The highest BCUT2D eigenvalue weighted by Gasteiger charge is 2.15. The molecule has 0 aliphatic heterocycles. The highest BCUT2D eigenvalue weighted by Crippen LogP contribution is 2.29. The first-order valence-corrected chi connectivity index (χ1v) is 17.7. The third-order valence-electron chi connectivity index (χ3n) is 10.5. The van der Waals surface area contributed by atoms with E-state index in [0.717, 1.165) is 44.9 Å². The summed E-state index contributed by atoms with van der Waals surface area (Å²) >= 11 is 0. The normalized spacial score (nSPS) is 13.1. The minimum atomic E-state index is 0.931. The van der Waals surface area contributed by atoms with Crippen molar-refractivity contribution in [2.24, 2.45) is 0 Å². The van der Waals surface area contributed by atoms with Crippen LogP contribution in [0, 0.1) is 0 Å². The third-order valence-corrected chi connectivity index (χ3v) is 10.5. The quantitative estimate of drug-likeness (QED) is 0.156. The van der Waals surface area contributed by atoms with Gasteiger partial charge in [-0.15, -0.1) is 0 Å². The fourth-order valence-electron chi connectivity index (χ4n) is 7.75. The van der Waals surface area contributed by atoms with Crippen molar-refractivity contribution in [2.45, 2.75) is 44.9 Å². The zero-order valence-corrected chi connectivity index (χ0v) is 28.1. The van der Waals surface area contributed by atoms with Crippen LogP contribution in [-0.2, 0) is 44.9 Å². The summed E-state index contributed by atoms with van der Waals surface area (Å²) in [6.45, 7) is 0. The monoisotopic (exact) mass is 630 g/mol. The van der Waals surface area contributed by atoms with Crippen LogP contribution >= 0.6 is 0 Å². The van der Waals surface area contributed by atoms with E-state index in [1.165, 1.54) is 77.9 Å². The van der Waals surface area contributed by atoms with Gasteiger partial charge >= 0.3 is 0 Å². The molecule has 49 heavy (non-hydrogen) atoms. The van der Waals surface area contributed by atoms with Crippen LogP contribution in [0.25, 0.3) is 0 Å². The number of hydrogen-bond donors (Lipinski definition) is 0. The van der Waals surface area contributed by atoms with Crippen molar-refractivity contribution in [3.8, 4) is 0 Å². The van der Waals surface area contributed by atoms with Gasteiger partial charge < -0.3 is 0 Å². The first kappa shape index (κ1) is 30.8. The standard InChI is InChI=1S/C49H42/c1-2-16-37-30-39-18-5-6-20-41(39)32-43-22-9-10-24-45(43)34-47-26-13-14-28-49(47)35-48-27-12-11-25-46(48)33-44-23-8-7-21-42(44)31-40-19-4-3-17-38(40)29-36(37)15-1/h1-28H,29-35H2. The molecule has 8 rings (SSSR count). The number of fused-ring (bicyclic) bond motifs is 7. The summed E-state index contributed by atoms with van der Waals surface area (Å²) in [6.07, 6.45) is 6.52.